The fourth-order valence-corrected chi connectivity index (χ4v) is 5.49. The van der Waals surface area contributed by atoms with Crippen molar-refractivity contribution in [2.75, 3.05) is 19.3 Å². The Morgan fingerprint density at radius 2 is 1.71 bits per heavy atom. The molecular formula is C20H42N2OS. The Balaban J connectivity index is 2.27. The van der Waals surface area contributed by atoms with Gasteiger partial charge in [-0.05, 0) is 50.3 Å². The number of hydrogen-bond donors (Lipinski definition) is 3. The van der Waals surface area contributed by atoms with Gasteiger partial charge in [0, 0.05) is 11.8 Å². The van der Waals surface area contributed by atoms with Gasteiger partial charge in [0.05, 0.1) is 6.10 Å². The molecule has 1 aliphatic rings. The van der Waals surface area contributed by atoms with Gasteiger partial charge in [-0.3, -0.25) is 10.9 Å². The van der Waals surface area contributed by atoms with E-state index in [2.05, 4.69) is 36.5 Å². The number of thioether (sulfide) groups is 1. The predicted octanol–water partition coefficient (Wildman–Crippen LogP) is 4.75. The average molecular weight is 359 g/mol. The van der Waals surface area contributed by atoms with Crippen molar-refractivity contribution in [1.82, 2.24) is 10.9 Å². The largest absolute Gasteiger partial charge is 0.393 e. The van der Waals surface area contributed by atoms with E-state index in [0.29, 0.717) is 11.8 Å². The van der Waals surface area contributed by atoms with Crippen molar-refractivity contribution >= 4 is 11.8 Å². The fraction of sp³-hybridized carbons (Fsp3) is 1.00. The molecule has 2 unspecified atom stereocenters. The van der Waals surface area contributed by atoms with Crippen molar-refractivity contribution in [1.29, 1.82) is 0 Å². The molecule has 0 aromatic carbocycles. The van der Waals surface area contributed by atoms with Crippen molar-refractivity contribution in [2.45, 2.75) is 95.8 Å². The molecule has 1 rings (SSSR count). The summed E-state index contributed by atoms with van der Waals surface area (Å²) in [5, 5.41) is 11.8. The minimum absolute atomic E-state index is 0.105. The maximum Gasteiger partial charge on any atom is 0.0604 e. The highest BCUT2D eigenvalue weighted by atomic mass is 32.2. The Morgan fingerprint density at radius 3 is 2.33 bits per heavy atom. The molecule has 0 radical (unpaired) electrons. The average Bonchev–Trinajstić information content (AvgIpc) is 2.62. The maximum absolute atomic E-state index is 10.9. The molecule has 0 bridgehead atoms. The standard InChI is InChI=1S/C20H42N2OS/c1-4-17(12-8-7-11-15-22-21-3)20(23)18(5-2)16-24-19-13-9-6-10-14-19/h17-23H,4-16H2,1-3H3/t17?,18-,20?/m1/s1. The van der Waals surface area contributed by atoms with Crippen molar-refractivity contribution in [3.8, 4) is 0 Å². The van der Waals surface area contributed by atoms with Crippen LogP contribution in [0.4, 0.5) is 0 Å². The molecule has 1 saturated carbocycles. The highest BCUT2D eigenvalue weighted by Crippen LogP contribution is 2.33. The molecule has 4 heteroatoms. The quantitative estimate of drug-likeness (QED) is 0.310. The van der Waals surface area contributed by atoms with E-state index in [4.69, 9.17) is 0 Å². The molecule has 0 spiro atoms. The van der Waals surface area contributed by atoms with Crippen LogP contribution < -0.4 is 10.9 Å². The van der Waals surface area contributed by atoms with E-state index < -0.39 is 0 Å². The molecule has 0 amide bonds. The summed E-state index contributed by atoms with van der Waals surface area (Å²) in [4.78, 5) is 0. The number of rotatable bonds is 14. The molecule has 24 heavy (non-hydrogen) atoms. The first-order valence-corrected chi connectivity index (χ1v) is 11.5. The summed E-state index contributed by atoms with van der Waals surface area (Å²) in [6, 6.07) is 0. The van der Waals surface area contributed by atoms with Gasteiger partial charge in [0.15, 0.2) is 0 Å². The number of unbranched alkanes of at least 4 members (excludes halogenated alkanes) is 2. The third-order valence-electron chi connectivity index (χ3n) is 5.67. The first-order chi connectivity index (χ1) is 11.7. The summed E-state index contributed by atoms with van der Waals surface area (Å²) in [6.45, 7) is 5.54. The molecule has 3 atom stereocenters. The van der Waals surface area contributed by atoms with Gasteiger partial charge < -0.3 is 5.11 Å². The number of nitrogens with one attached hydrogen (secondary N) is 2. The van der Waals surface area contributed by atoms with Gasteiger partial charge in [0.25, 0.3) is 0 Å². The zero-order valence-corrected chi connectivity index (χ0v) is 17.2. The van der Waals surface area contributed by atoms with Gasteiger partial charge in [0.1, 0.15) is 0 Å². The lowest BCUT2D eigenvalue weighted by atomic mass is 9.85. The minimum Gasteiger partial charge on any atom is -0.393 e. The van der Waals surface area contributed by atoms with E-state index in [1.807, 2.05) is 7.05 Å². The molecule has 0 heterocycles. The van der Waals surface area contributed by atoms with Gasteiger partial charge in [-0.2, -0.15) is 11.8 Å². The second-order valence-electron chi connectivity index (χ2n) is 7.45. The summed E-state index contributed by atoms with van der Waals surface area (Å²) >= 11 is 2.15. The van der Waals surface area contributed by atoms with E-state index in [9.17, 15) is 5.11 Å². The Kier molecular flexibility index (Phi) is 13.4. The lowest BCUT2D eigenvalue weighted by molar-refractivity contribution is 0.0504. The number of aliphatic hydroxyl groups excluding tert-OH is 1. The van der Waals surface area contributed by atoms with Crippen LogP contribution in [0.1, 0.15) is 84.5 Å². The molecule has 0 aromatic heterocycles. The number of hydrazine groups is 1. The van der Waals surface area contributed by atoms with Gasteiger partial charge in [-0.25, -0.2) is 0 Å². The number of aliphatic hydroxyl groups is 1. The van der Waals surface area contributed by atoms with Crippen LogP contribution in [0.2, 0.25) is 0 Å². The van der Waals surface area contributed by atoms with Crippen LogP contribution in [0.3, 0.4) is 0 Å². The maximum atomic E-state index is 10.9. The van der Waals surface area contributed by atoms with Crippen LogP contribution in [0.25, 0.3) is 0 Å². The van der Waals surface area contributed by atoms with Gasteiger partial charge in [-0.1, -0.05) is 58.8 Å². The second-order valence-corrected chi connectivity index (χ2v) is 8.78. The Labute approximate surface area is 155 Å². The predicted molar refractivity (Wildman–Crippen MR) is 108 cm³/mol. The van der Waals surface area contributed by atoms with Crippen molar-refractivity contribution in [3.63, 3.8) is 0 Å². The van der Waals surface area contributed by atoms with Crippen LogP contribution >= 0.6 is 11.8 Å². The summed E-state index contributed by atoms with van der Waals surface area (Å²) in [5.74, 6) is 2.12. The van der Waals surface area contributed by atoms with Crippen LogP contribution in [0.15, 0.2) is 0 Å². The zero-order valence-electron chi connectivity index (χ0n) is 16.4. The van der Waals surface area contributed by atoms with Gasteiger partial charge in [0.2, 0.25) is 0 Å². The Bertz CT molecular complexity index is 285. The summed E-state index contributed by atoms with van der Waals surface area (Å²) in [5.41, 5.74) is 6.11. The Hall–Kier alpha value is 0.230. The lowest BCUT2D eigenvalue weighted by Gasteiger charge is -2.30. The van der Waals surface area contributed by atoms with E-state index in [1.54, 1.807) is 0 Å². The van der Waals surface area contributed by atoms with Crippen molar-refractivity contribution < 1.29 is 5.11 Å². The fourth-order valence-electron chi connectivity index (χ4n) is 3.87. The first kappa shape index (κ1) is 22.3. The highest BCUT2D eigenvalue weighted by molar-refractivity contribution is 7.99. The van der Waals surface area contributed by atoms with Crippen LogP contribution in [-0.4, -0.2) is 35.8 Å². The molecule has 0 aromatic rings. The highest BCUT2D eigenvalue weighted by Gasteiger charge is 2.26. The van der Waals surface area contributed by atoms with Crippen LogP contribution in [-0.2, 0) is 0 Å². The lowest BCUT2D eigenvalue weighted by Crippen LogP contribution is -2.31. The third-order valence-corrected chi connectivity index (χ3v) is 7.23. The second kappa shape index (κ2) is 14.4. The van der Waals surface area contributed by atoms with Crippen LogP contribution in [0, 0.1) is 11.8 Å². The Morgan fingerprint density at radius 1 is 1.00 bits per heavy atom. The molecule has 1 aliphatic carbocycles. The summed E-state index contributed by atoms with van der Waals surface area (Å²) in [7, 11) is 1.92. The minimum atomic E-state index is -0.105. The van der Waals surface area contributed by atoms with Crippen molar-refractivity contribution in [3.05, 3.63) is 0 Å². The molecule has 1 fully saturated rings. The molecule has 144 valence electrons. The molecule has 0 aliphatic heterocycles. The first-order valence-electron chi connectivity index (χ1n) is 10.4. The third kappa shape index (κ3) is 9.07. The molecule has 3 N–H and O–H groups in total. The van der Waals surface area contributed by atoms with E-state index >= 15 is 0 Å². The normalized spacial score (nSPS) is 20.0. The SMILES string of the molecule is CCC(CCCCCNNC)C(O)[C@H](CC)CSC1CCCCC1. The molecule has 0 saturated heterocycles. The topological polar surface area (TPSA) is 44.3 Å². The van der Waals surface area contributed by atoms with E-state index in [0.717, 1.165) is 30.4 Å². The van der Waals surface area contributed by atoms with Crippen LogP contribution in [0.5, 0.6) is 0 Å². The van der Waals surface area contributed by atoms with Gasteiger partial charge in [-0.15, -0.1) is 0 Å². The number of hydrogen-bond acceptors (Lipinski definition) is 4. The van der Waals surface area contributed by atoms with Gasteiger partial charge >= 0.3 is 0 Å². The smallest absolute Gasteiger partial charge is 0.0604 e. The molecular weight excluding hydrogens is 316 g/mol. The summed E-state index contributed by atoms with van der Waals surface area (Å²) < 4.78 is 0. The van der Waals surface area contributed by atoms with E-state index in [1.165, 1.54) is 57.8 Å². The van der Waals surface area contributed by atoms with Crippen molar-refractivity contribution in [2.24, 2.45) is 11.8 Å². The van der Waals surface area contributed by atoms with E-state index in [-0.39, 0.29) is 6.10 Å². The monoisotopic (exact) mass is 358 g/mol. The summed E-state index contributed by atoms with van der Waals surface area (Å²) in [6.07, 6.45) is 14.1. The molecule has 3 nitrogen and oxygen atoms in total. The zero-order chi connectivity index (χ0) is 17.6.